The van der Waals surface area contributed by atoms with E-state index in [4.69, 9.17) is 5.11 Å². The van der Waals surface area contributed by atoms with E-state index in [9.17, 15) is 4.79 Å². The predicted molar refractivity (Wildman–Crippen MR) is 50.2 cm³/mol. The van der Waals surface area contributed by atoms with Crippen molar-refractivity contribution in [3.8, 4) is 0 Å². The number of hydrogen-bond donors (Lipinski definition) is 1. The minimum atomic E-state index is -1.07. The Morgan fingerprint density at radius 2 is 2.29 bits per heavy atom. The number of rotatable bonds is 1. The molecule has 0 aromatic carbocycles. The number of fused-ring (bicyclic) bond motifs is 1. The van der Waals surface area contributed by atoms with E-state index in [2.05, 4.69) is 31.0 Å². The van der Waals surface area contributed by atoms with Crippen LogP contribution in [0.3, 0.4) is 0 Å². The third-order valence-corrected chi connectivity index (χ3v) is 2.02. The van der Waals surface area contributed by atoms with Gasteiger partial charge in [0, 0.05) is 5.69 Å². The molecule has 0 saturated carbocycles. The minimum absolute atomic E-state index is 0.0325. The molecular weight excluding hydrogens is 252 g/mol. The van der Waals surface area contributed by atoms with Crippen LogP contribution in [0.25, 0.3) is 5.78 Å². The van der Waals surface area contributed by atoms with E-state index in [0.29, 0.717) is 10.4 Å². The molecule has 0 aliphatic rings. The Kier molecular flexibility index (Phi) is 1.95. The zero-order valence-electron chi connectivity index (χ0n) is 7.10. The van der Waals surface area contributed by atoms with Crippen LogP contribution in [-0.4, -0.2) is 30.7 Å². The molecule has 0 amide bonds. The largest absolute Gasteiger partial charge is 0.477 e. The third-order valence-electron chi connectivity index (χ3n) is 1.68. The van der Waals surface area contributed by atoms with E-state index in [1.54, 1.807) is 6.92 Å². The van der Waals surface area contributed by atoms with Crippen molar-refractivity contribution in [3.05, 3.63) is 22.2 Å². The van der Waals surface area contributed by atoms with Gasteiger partial charge < -0.3 is 5.11 Å². The van der Waals surface area contributed by atoms with Crippen LogP contribution in [0.5, 0.6) is 0 Å². The van der Waals surface area contributed by atoms with Gasteiger partial charge in [0.2, 0.25) is 4.73 Å². The molecular formula is C7H5BrN4O2. The van der Waals surface area contributed by atoms with Crippen molar-refractivity contribution in [1.29, 1.82) is 0 Å². The van der Waals surface area contributed by atoms with Crippen molar-refractivity contribution in [2.24, 2.45) is 0 Å². The fraction of sp³-hybridized carbons (Fsp3) is 0.143. The average molecular weight is 257 g/mol. The molecule has 0 atom stereocenters. The van der Waals surface area contributed by atoms with Gasteiger partial charge in [0.25, 0.3) is 5.78 Å². The normalized spacial score (nSPS) is 10.7. The minimum Gasteiger partial charge on any atom is -0.477 e. The second-order valence-electron chi connectivity index (χ2n) is 2.68. The molecule has 72 valence electrons. The van der Waals surface area contributed by atoms with Gasteiger partial charge in [0.15, 0.2) is 5.69 Å². The lowest BCUT2D eigenvalue weighted by Gasteiger charge is -1.98. The maximum atomic E-state index is 10.7. The molecule has 0 fully saturated rings. The molecule has 2 heterocycles. The van der Waals surface area contributed by atoms with E-state index in [1.807, 2.05) is 0 Å². The summed E-state index contributed by atoms with van der Waals surface area (Å²) >= 11 is 3.09. The van der Waals surface area contributed by atoms with Gasteiger partial charge in [-0.05, 0) is 28.9 Å². The number of halogens is 1. The smallest absolute Gasteiger partial charge is 0.354 e. The van der Waals surface area contributed by atoms with Gasteiger partial charge in [-0.15, -0.1) is 5.10 Å². The van der Waals surface area contributed by atoms with Crippen molar-refractivity contribution in [2.45, 2.75) is 6.92 Å². The molecule has 2 rings (SSSR count). The molecule has 0 unspecified atom stereocenters. The number of hydrogen-bond acceptors (Lipinski definition) is 4. The second-order valence-corrected chi connectivity index (χ2v) is 3.39. The van der Waals surface area contributed by atoms with E-state index in [1.165, 1.54) is 10.6 Å². The van der Waals surface area contributed by atoms with Crippen molar-refractivity contribution in [1.82, 2.24) is 19.6 Å². The van der Waals surface area contributed by atoms with Gasteiger partial charge in [-0.2, -0.15) is 4.98 Å². The van der Waals surface area contributed by atoms with Crippen molar-refractivity contribution in [3.63, 3.8) is 0 Å². The van der Waals surface area contributed by atoms with Gasteiger partial charge in [0.05, 0.1) is 0 Å². The molecule has 14 heavy (non-hydrogen) atoms. The summed E-state index contributed by atoms with van der Waals surface area (Å²) in [6.07, 6.45) is 0. The zero-order valence-corrected chi connectivity index (χ0v) is 8.69. The number of carboxylic acid groups (broad SMARTS) is 1. The van der Waals surface area contributed by atoms with Gasteiger partial charge in [0.1, 0.15) is 0 Å². The van der Waals surface area contributed by atoms with Crippen LogP contribution in [0.15, 0.2) is 10.8 Å². The Hall–Kier alpha value is -1.50. The molecule has 0 aliphatic heterocycles. The number of aryl methyl sites for hydroxylation is 1. The summed E-state index contributed by atoms with van der Waals surface area (Å²) < 4.78 is 1.85. The summed E-state index contributed by atoms with van der Waals surface area (Å²) in [5.41, 5.74) is 0.639. The molecule has 0 aliphatic carbocycles. The summed E-state index contributed by atoms with van der Waals surface area (Å²) in [5, 5.41) is 12.7. The van der Waals surface area contributed by atoms with Gasteiger partial charge in [-0.3, -0.25) is 0 Å². The Morgan fingerprint density at radius 3 is 2.93 bits per heavy atom. The number of nitrogens with zero attached hydrogens (tertiary/aromatic N) is 4. The van der Waals surface area contributed by atoms with Crippen molar-refractivity contribution < 1.29 is 9.90 Å². The van der Waals surface area contributed by atoms with Crippen LogP contribution in [0.4, 0.5) is 0 Å². The first kappa shape index (κ1) is 9.07. The molecule has 2 aromatic rings. The van der Waals surface area contributed by atoms with Gasteiger partial charge in [-0.25, -0.2) is 14.3 Å². The van der Waals surface area contributed by atoms with Gasteiger partial charge >= 0.3 is 5.97 Å². The maximum Gasteiger partial charge on any atom is 0.354 e. The zero-order chi connectivity index (χ0) is 10.3. The lowest BCUT2D eigenvalue weighted by Crippen LogP contribution is -2.05. The monoisotopic (exact) mass is 256 g/mol. The summed E-state index contributed by atoms with van der Waals surface area (Å²) in [6.45, 7) is 1.74. The second kappa shape index (κ2) is 3.02. The predicted octanol–water partition coefficient (Wildman–Crippen LogP) is 0.893. The van der Waals surface area contributed by atoms with Crippen molar-refractivity contribution >= 4 is 27.7 Å². The van der Waals surface area contributed by atoms with E-state index < -0.39 is 5.97 Å². The Bertz CT molecular complexity index is 522. The first-order valence-corrected chi connectivity index (χ1v) is 4.50. The number of carboxylic acids is 1. The highest BCUT2D eigenvalue weighted by Gasteiger charge is 2.11. The van der Waals surface area contributed by atoms with Crippen LogP contribution in [0.1, 0.15) is 16.2 Å². The molecule has 1 N–H and O–H groups in total. The highest BCUT2D eigenvalue weighted by molar-refractivity contribution is 9.10. The lowest BCUT2D eigenvalue weighted by atomic mass is 10.3. The maximum absolute atomic E-state index is 10.7. The fourth-order valence-electron chi connectivity index (χ4n) is 1.10. The molecule has 0 radical (unpaired) electrons. The highest BCUT2D eigenvalue weighted by Crippen LogP contribution is 2.09. The van der Waals surface area contributed by atoms with Crippen LogP contribution in [0.2, 0.25) is 0 Å². The van der Waals surface area contributed by atoms with E-state index in [0.717, 1.165) is 0 Å². The van der Waals surface area contributed by atoms with Crippen molar-refractivity contribution in [2.75, 3.05) is 0 Å². The summed E-state index contributed by atoms with van der Waals surface area (Å²) in [5.74, 6) is -0.802. The van der Waals surface area contributed by atoms with Crippen LogP contribution in [0, 0.1) is 6.92 Å². The van der Waals surface area contributed by atoms with Crippen LogP contribution in [-0.2, 0) is 0 Å². The summed E-state index contributed by atoms with van der Waals surface area (Å²) in [6, 6.07) is 1.44. The average Bonchev–Trinajstić information content (AvgIpc) is 2.45. The van der Waals surface area contributed by atoms with E-state index in [-0.39, 0.29) is 11.5 Å². The lowest BCUT2D eigenvalue weighted by molar-refractivity contribution is 0.0690. The number of carbonyl (C=O) groups is 1. The molecule has 0 saturated heterocycles. The fourth-order valence-corrected chi connectivity index (χ4v) is 1.41. The van der Waals surface area contributed by atoms with Gasteiger partial charge in [-0.1, -0.05) is 0 Å². The molecule has 0 bridgehead atoms. The molecule has 6 nitrogen and oxygen atoms in total. The van der Waals surface area contributed by atoms with E-state index >= 15 is 0 Å². The summed E-state index contributed by atoms with van der Waals surface area (Å²) in [7, 11) is 0. The number of aromatic nitrogens is 4. The standard InChI is InChI=1S/C7H5BrN4O2/c1-3-2-4(5(13)14)9-7-10-6(8)11-12(3)7/h2H,1H3,(H,13,14). The Morgan fingerprint density at radius 1 is 1.57 bits per heavy atom. The first-order chi connectivity index (χ1) is 6.58. The van der Waals surface area contributed by atoms with Crippen LogP contribution < -0.4 is 0 Å². The molecule has 7 heteroatoms. The molecule has 0 spiro atoms. The third kappa shape index (κ3) is 1.35. The summed E-state index contributed by atoms with van der Waals surface area (Å²) in [4.78, 5) is 18.4. The topological polar surface area (TPSA) is 80.4 Å². The highest BCUT2D eigenvalue weighted by atomic mass is 79.9. The first-order valence-electron chi connectivity index (χ1n) is 3.71. The SMILES string of the molecule is Cc1cc(C(=O)O)nc2nc(Br)nn12. The quantitative estimate of drug-likeness (QED) is 0.820. The van der Waals surface area contributed by atoms with Crippen LogP contribution >= 0.6 is 15.9 Å². The Balaban J connectivity index is 2.77. The molecule has 2 aromatic heterocycles. The Labute approximate surface area is 86.7 Å². The number of aromatic carboxylic acids is 1.